The van der Waals surface area contributed by atoms with E-state index >= 15 is 0 Å². The van der Waals surface area contributed by atoms with E-state index in [0.717, 1.165) is 18.6 Å². The summed E-state index contributed by atoms with van der Waals surface area (Å²) < 4.78 is 11.2. The Morgan fingerprint density at radius 2 is 1.97 bits per heavy atom. The number of ether oxygens (including phenoxy) is 1. The maximum atomic E-state index is 12.8. The van der Waals surface area contributed by atoms with Crippen molar-refractivity contribution >= 4 is 17.5 Å². The summed E-state index contributed by atoms with van der Waals surface area (Å²) in [6.45, 7) is 1.94. The molecule has 0 aliphatic heterocycles. The Kier molecular flexibility index (Phi) is 6.04. The lowest BCUT2D eigenvalue weighted by molar-refractivity contribution is -0.137. The molecule has 1 atom stereocenters. The highest BCUT2D eigenvalue weighted by molar-refractivity contribution is 6.33. The number of rotatable bonds is 6. The summed E-state index contributed by atoms with van der Waals surface area (Å²) >= 11 is 6.18. The van der Waals surface area contributed by atoms with Gasteiger partial charge in [0, 0.05) is 12.6 Å². The van der Waals surface area contributed by atoms with Gasteiger partial charge in [0.15, 0.2) is 6.10 Å². The highest BCUT2D eigenvalue weighted by Crippen LogP contribution is 2.27. The minimum atomic E-state index is -0.623. The molecule has 1 aliphatic rings. The summed E-state index contributed by atoms with van der Waals surface area (Å²) in [6.07, 6.45) is 4.00. The monoisotopic (exact) mass is 425 g/mol. The Labute approximate surface area is 180 Å². The number of fused-ring (bicyclic) bond motifs is 1. The maximum Gasteiger partial charge on any atom is 0.263 e. The fourth-order valence-corrected chi connectivity index (χ4v) is 3.92. The van der Waals surface area contributed by atoms with Crippen LogP contribution in [0.2, 0.25) is 5.02 Å². The first-order chi connectivity index (χ1) is 14.5. The van der Waals surface area contributed by atoms with Crippen LogP contribution in [-0.2, 0) is 24.2 Å². The fraction of sp³-hybridized carbons (Fsp3) is 0.348. The average Bonchev–Trinajstić information content (AvgIpc) is 3.21. The van der Waals surface area contributed by atoms with Gasteiger partial charge in [-0.3, -0.25) is 4.79 Å². The molecule has 0 N–H and O–H groups in total. The molecule has 0 saturated heterocycles. The number of halogens is 1. The van der Waals surface area contributed by atoms with Crippen LogP contribution in [0.15, 0.2) is 47.0 Å². The largest absolute Gasteiger partial charge is 0.481 e. The Bertz CT molecular complexity index is 1050. The summed E-state index contributed by atoms with van der Waals surface area (Å²) in [7, 11) is 1.69. The second-order valence-electron chi connectivity index (χ2n) is 7.58. The quantitative estimate of drug-likeness (QED) is 0.572. The molecule has 156 valence electrons. The number of likely N-dealkylation sites (N-methyl/N-ethyl adjacent to an activating group) is 1. The number of aromatic nitrogens is 2. The molecule has 30 heavy (non-hydrogen) atoms. The summed E-state index contributed by atoms with van der Waals surface area (Å²) in [5.41, 5.74) is 3.40. The van der Waals surface area contributed by atoms with Crippen LogP contribution in [0.4, 0.5) is 0 Å². The van der Waals surface area contributed by atoms with Crippen LogP contribution >= 0.6 is 11.6 Å². The molecule has 1 aliphatic carbocycles. The second kappa shape index (κ2) is 8.88. The van der Waals surface area contributed by atoms with E-state index in [4.69, 9.17) is 20.9 Å². The van der Waals surface area contributed by atoms with E-state index in [-0.39, 0.29) is 12.5 Å². The Morgan fingerprint density at radius 1 is 1.20 bits per heavy atom. The smallest absolute Gasteiger partial charge is 0.263 e. The van der Waals surface area contributed by atoms with Gasteiger partial charge in [-0.25, -0.2) is 0 Å². The van der Waals surface area contributed by atoms with Crippen LogP contribution in [0.25, 0.3) is 11.4 Å². The molecule has 0 unspecified atom stereocenters. The molecule has 0 saturated carbocycles. The van der Waals surface area contributed by atoms with Crippen molar-refractivity contribution in [2.45, 2.75) is 45.3 Å². The summed E-state index contributed by atoms with van der Waals surface area (Å²) in [5.74, 6) is 1.30. The van der Waals surface area contributed by atoms with E-state index < -0.39 is 6.10 Å². The molecular formula is C23H24ClN3O3. The minimum Gasteiger partial charge on any atom is -0.481 e. The van der Waals surface area contributed by atoms with E-state index in [9.17, 15) is 4.79 Å². The standard InChI is InChI=1S/C23H24ClN3O3/c1-15(29-18-12-11-16-7-3-4-8-17(16)13-18)23(28)27(2)14-21-25-22(26-30-21)19-9-5-6-10-20(19)24/h5-6,9-13,15H,3-4,7-8,14H2,1-2H3/t15-/m0/s1. The van der Waals surface area contributed by atoms with Crippen LogP contribution < -0.4 is 4.74 Å². The molecule has 1 heterocycles. The molecule has 7 heteroatoms. The Hall–Kier alpha value is -2.86. The summed E-state index contributed by atoms with van der Waals surface area (Å²) in [5, 5.41) is 4.52. The molecule has 0 fully saturated rings. The topological polar surface area (TPSA) is 68.5 Å². The van der Waals surface area contributed by atoms with Gasteiger partial charge >= 0.3 is 0 Å². The van der Waals surface area contributed by atoms with Crippen LogP contribution in [0.3, 0.4) is 0 Å². The summed E-state index contributed by atoms with van der Waals surface area (Å²) in [6, 6.07) is 13.4. The SMILES string of the molecule is C[C@H](Oc1ccc2c(c1)CCCC2)C(=O)N(C)Cc1nc(-c2ccccc2Cl)no1. The number of aryl methyl sites for hydroxylation is 2. The third-order valence-corrected chi connectivity index (χ3v) is 5.64. The Balaban J connectivity index is 1.38. The lowest BCUT2D eigenvalue weighted by atomic mass is 9.92. The molecule has 0 spiro atoms. The summed E-state index contributed by atoms with van der Waals surface area (Å²) in [4.78, 5) is 18.6. The lowest BCUT2D eigenvalue weighted by Crippen LogP contribution is -2.37. The number of nitrogens with zero attached hydrogens (tertiary/aromatic N) is 3. The lowest BCUT2D eigenvalue weighted by Gasteiger charge is -2.22. The number of hydrogen-bond acceptors (Lipinski definition) is 5. The molecule has 0 bridgehead atoms. The van der Waals surface area contributed by atoms with Crippen molar-refractivity contribution in [3.63, 3.8) is 0 Å². The van der Waals surface area contributed by atoms with Gasteiger partial charge in [-0.2, -0.15) is 4.98 Å². The predicted molar refractivity (Wildman–Crippen MR) is 114 cm³/mol. The maximum absolute atomic E-state index is 12.8. The van der Waals surface area contributed by atoms with Crippen molar-refractivity contribution in [1.29, 1.82) is 0 Å². The first kappa shape index (κ1) is 20.4. The van der Waals surface area contributed by atoms with E-state index in [1.165, 1.54) is 28.9 Å². The van der Waals surface area contributed by atoms with Crippen molar-refractivity contribution in [3.8, 4) is 17.1 Å². The Morgan fingerprint density at radius 3 is 2.77 bits per heavy atom. The molecule has 4 rings (SSSR count). The molecule has 1 aromatic heterocycles. The molecular weight excluding hydrogens is 402 g/mol. The van der Waals surface area contributed by atoms with Crippen LogP contribution in [0.1, 0.15) is 36.8 Å². The number of benzene rings is 2. The highest BCUT2D eigenvalue weighted by Gasteiger charge is 2.22. The van der Waals surface area contributed by atoms with E-state index in [2.05, 4.69) is 22.3 Å². The third kappa shape index (κ3) is 4.49. The zero-order valence-electron chi connectivity index (χ0n) is 17.1. The molecule has 6 nitrogen and oxygen atoms in total. The second-order valence-corrected chi connectivity index (χ2v) is 7.99. The van der Waals surface area contributed by atoms with E-state index in [1.54, 1.807) is 20.0 Å². The van der Waals surface area contributed by atoms with Gasteiger partial charge in [-0.05, 0) is 68.0 Å². The van der Waals surface area contributed by atoms with Crippen LogP contribution in [-0.4, -0.2) is 34.1 Å². The van der Waals surface area contributed by atoms with Crippen molar-refractivity contribution in [1.82, 2.24) is 15.0 Å². The predicted octanol–water partition coefficient (Wildman–Crippen LogP) is 4.69. The van der Waals surface area contributed by atoms with Gasteiger partial charge in [0.2, 0.25) is 11.7 Å². The number of carbonyl (C=O) groups excluding carboxylic acids is 1. The fourth-order valence-electron chi connectivity index (χ4n) is 3.70. The van der Waals surface area contributed by atoms with Crippen LogP contribution in [0, 0.1) is 0 Å². The molecule has 0 radical (unpaired) electrons. The van der Waals surface area contributed by atoms with Crippen molar-refractivity contribution < 1.29 is 14.1 Å². The van der Waals surface area contributed by atoms with Gasteiger partial charge in [0.05, 0.1) is 11.6 Å². The van der Waals surface area contributed by atoms with E-state index in [1.807, 2.05) is 24.3 Å². The first-order valence-corrected chi connectivity index (χ1v) is 10.5. The zero-order valence-corrected chi connectivity index (χ0v) is 17.9. The average molecular weight is 426 g/mol. The van der Waals surface area contributed by atoms with Crippen molar-refractivity contribution in [3.05, 3.63) is 64.5 Å². The van der Waals surface area contributed by atoms with Gasteiger partial charge in [0.25, 0.3) is 5.91 Å². The minimum absolute atomic E-state index is 0.162. The van der Waals surface area contributed by atoms with Gasteiger partial charge in [-0.15, -0.1) is 0 Å². The molecule has 2 aromatic carbocycles. The van der Waals surface area contributed by atoms with Crippen molar-refractivity contribution in [2.75, 3.05) is 7.05 Å². The number of carbonyl (C=O) groups is 1. The van der Waals surface area contributed by atoms with Crippen molar-refractivity contribution in [2.24, 2.45) is 0 Å². The molecule has 3 aromatic rings. The van der Waals surface area contributed by atoms with E-state index in [0.29, 0.717) is 22.3 Å². The highest BCUT2D eigenvalue weighted by atomic mass is 35.5. The number of amides is 1. The van der Waals surface area contributed by atoms with Gasteiger partial charge < -0.3 is 14.2 Å². The number of hydrogen-bond donors (Lipinski definition) is 0. The van der Waals surface area contributed by atoms with Crippen LogP contribution in [0.5, 0.6) is 5.75 Å². The normalized spacial score (nSPS) is 14.1. The van der Waals surface area contributed by atoms with Gasteiger partial charge in [-0.1, -0.05) is 35.0 Å². The third-order valence-electron chi connectivity index (χ3n) is 5.31. The first-order valence-electron chi connectivity index (χ1n) is 10.1. The van der Waals surface area contributed by atoms with Gasteiger partial charge in [0.1, 0.15) is 5.75 Å². The molecule has 1 amide bonds. The zero-order chi connectivity index (χ0) is 21.1.